The van der Waals surface area contributed by atoms with E-state index in [1.165, 1.54) is 0 Å². The minimum atomic E-state index is -2.33. The quantitative estimate of drug-likeness (QED) is 0.381. The van der Waals surface area contributed by atoms with Gasteiger partial charge in [-0.3, -0.25) is 0 Å². The second-order valence-electron chi connectivity index (χ2n) is 1.14. The zero-order valence-electron chi connectivity index (χ0n) is 11.5. The summed E-state index contributed by atoms with van der Waals surface area (Å²) in [6, 6.07) is 0. The summed E-state index contributed by atoms with van der Waals surface area (Å²) >= 11 is 0. The van der Waals surface area contributed by atoms with Gasteiger partial charge in [0.2, 0.25) is 0 Å². The number of carbonyl (C=O) groups is 1. The Kier molecular flexibility index (Phi) is 39.7. The molecule has 68 valence electrons. The van der Waals surface area contributed by atoms with Gasteiger partial charge in [-0.05, 0) is 0 Å². The average Bonchev–Trinajstić information content (AvgIpc) is 1.58. The minimum absolute atomic E-state index is 0. The Hall–Kier alpha value is 3.01. The summed E-state index contributed by atoms with van der Waals surface area (Å²) in [5.74, 6) is 0. The van der Waals surface area contributed by atoms with Gasteiger partial charge < -0.3 is 35.1 Å². The molecule has 13 heteroatoms. The third-order valence-corrected chi connectivity index (χ3v) is 0.403. The van der Waals surface area contributed by atoms with E-state index in [4.69, 9.17) is 20.1 Å². The molecule has 0 saturated carbocycles. The van der Waals surface area contributed by atoms with E-state index in [-0.39, 0.29) is 120 Å². The van der Waals surface area contributed by atoms with Gasteiger partial charge in [0.05, 0.1) is 0 Å². The van der Waals surface area contributed by atoms with Crippen molar-refractivity contribution in [1.29, 1.82) is 0 Å². The van der Waals surface area contributed by atoms with Gasteiger partial charge in [0, 0.05) is 39.0 Å². The first-order chi connectivity index (χ1) is 4.52. The summed E-state index contributed by atoms with van der Waals surface area (Å²) in [6.45, 7) is 0. The van der Waals surface area contributed by atoms with Crippen molar-refractivity contribution in [2.24, 2.45) is 0 Å². The first-order valence-corrected chi connectivity index (χ1v) is 2.12. The van der Waals surface area contributed by atoms with E-state index in [0.717, 1.165) is 0 Å². The molecule has 0 aromatic carbocycles. The topological polar surface area (TPSA) is 116 Å². The first-order valence-electron chi connectivity index (χ1n) is 2.12. The van der Waals surface area contributed by atoms with Crippen molar-refractivity contribution < 1.29 is 78.9 Å². The van der Waals surface area contributed by atoms with Crippen molar-refractivity contribution in [2.75, 3.05) is 0 Å². The van der Waals surface area contributed by atoms with Crippen molar-refractivity contribution in [2.45, 2.75) is 0 Å². The van der Waals surface area contributed by atoms with Crippen LogP contribution in [-0.4, -0.2) is 116 Å². The molecule has 0 aliphatic carbocycles. The van der Waals surface area contributed by atoms with E-state index in [2.05, 4.69) is 9.31 Å². The number of rotatable bonds is 2. The summed E-state index contributed by atoms with van der Waals surface area (Å²) < 4.78 is 6.98. The Morgan fingerprint density at radius 2 is 1.14 bits per heavy atom. The van der Waals surface area contributed by atoms with E-state index >= 15 is 0 Å². The third-order valence-electron chi connectivity index (χ3n) is 0.403. The molecule has 0 aliphatic rings. The van der Waals surface area contributed by atoms with Gasteiger partial charge in [-0.25, -0.2) is 4.79 Å². The molecule has 0 aliphatic heterocycles. The van der Waals surface area contributed by atoms with E-state index < -0.39 is 20.8 Å². The van der Waals surface area contributed by atoms with Crippen LogP contribution in [0.2, 0.25) is 0 Å². The Labute approximate surface area is 172 Å². The molecule has 7 nitrogen and oxygen atoms in total. The normalized spacial score (nSPS) is 6.00. The summed E-state index contributed by atoms with van der Waals surface area (Å²) in [6.07, 6.45) is -1.59. The fourth-order valence-electron chi connectivity index (χ4n) is 0.200. The van der Waals surface area contributed by atoms with Crippen molar-refractivity contribution in [1.82, 2.24) is 0 Å². The molecule has 0 heterocycles. The van der Waals surface area contributed by atoms with E-state index in [1.54, 1.807) is 0 Å². The van der Waals surface area contributed by atoms with Gasteiger partial charge in [0.25, 0.3) is 0 Å². The Bertz CT molecular complexity index is 128. The van der Waals surface area contributed by atoms with Crippen molar-refractivity contribution in [3.8, 4) is 0 Å². The SMILES string of the molecule is O=C(OB(O)O)OB(O)O.[Ca+2].[Ca+2].[H-].[H-].[H-].[H-].[Zn].[Zn]. The molecule has 0 fully saturated rings. The molecular formula is CH8B2Ca2O7Zn2. The van der Waals surface area contributed by atoms with Crippen LogP contribution < -0.4 is 0 Å². The summed E-state index contributed by atoms with van der Waals surface area (Å²) in [4.78, 5) is 9.98. The third kappa shape index (κ3) is 24.3. The molecule has 0 spiro atoms. The molecule has 4 N–H and O–H groups in total. The molecule has 0 amide bonds. The maximum absolute atomic E-state index is 9.98. The smallest absolute Gasteiger partial charge is 1.00 e. The molecule has 14 heavy (non-hydrogen) atoms. The van der Waals surface area contributed by atoms with Gasteiger partial charge in [0.15, 0.2) is 0 Å². The fourth-order valence-corrected chi connectivity index (χ4v) is 0.200. The van der Waals surface area contributed by atoms with Crippen LogP contribution in [0.4, 0.5) is 4.79 Å². The predicted molar refractivity (Wildman–Crippen MR) is 43.9 cm³/mol. The summed E-state index contributed by atoms with van der Waals surface area (Å²) in [5, 5.41) is 31.6. The number of hydrogen-bond donors (Lipinski definition) is 4. The maximum atomic E-state index is 9.98. The summed E-state index contributed by atoms with van der Waals surface area (Å²) in [7, 11) is -4.66. The van der Waals surface area contributed by atoms with E-state index in [0.29, 0.717) is 0 Å². The Morgan fingerprint density at radius 1 is 0.929 bits per heavy atom. The number of hydrogen-bond acceptors (Lipinski definition) is 7. The molecule has 0 saturated heterocycles. The molecule has 0 radical (unpaired) electrons. The van der Waals surface area contributed by atoms with Gasteiger partial charge in [-0.1, -0.05) is 0 Å². The van der Waals surface area contributed by atoms with Crippen LogP contribution in [0, 0.1) is 0 Å². The van der Waals surface area contributed by atoms with Gasteiger partial charge in [0.1, 0.15) is 0 Å². The largest absolute Gasteiger partial charge is 2.00 e. The minimum Gasteiger partial charge on any atom is -1.00 e. The van der Waals surface area contributed by atoms with Crippen LogP contribution in [0.1, 0.15) is 5.71 Å². The second-order valence-corrected chi connectivity index (χ2v) is 1.14. The molecule has 0 bridgehead atoms. The van der Waals surface area contributed by atoms with Gasteiger partial charge in [-0.15, -0.1) is 0 Å². The van der Waals surface area contributed by atoms with Crippen LogP contribution >= 0.6 is 0 Å². The molecule has 0 aromatic heterocycles. The first kappa shape index (κ1) is 30.2. The van der Waals surface area contributed by atoms with Gasteiger partial charge in [-0.2, -0.15) is 0 Å². The standard InChI is InChI=1S/CH4B2O7.2Ca.2Zn.4H/c4-1(9-2(5)6)10-3(7)8;;;;;;;;/h5-8H;;;;;;;;/q;2*+2;;;4*-1. The Morgan fingerprint density at radius 3 is 1.29 bits per heavy atom. The monoisotopic (exact) mass is 362 g/mol. The van der Waals surface area contributed by atoms with Crippen molar-refractivity contribution in [3.05, 3.63) is 0 Å². The van der Waals surface area contributed by atoms with Crippen LogP contribution in [0.5, 0.6) is 0 Å². The van der Waals surface area contributed by atoms with E-state index in [1.807, 2.05) is 0 Å². The second kappa shape index (κ2) is 18.4. The van der Waals surface area contributed by atoms with Crippen LogP contribution in [0.3, 0.4) is 0 Å². The Balaban J connectivity index is -0.0000000145. The molecule has 0 aromatic rings. The van der Waals surface area contributed by atoms with E-state index in [9.17, 15) is 4.79 Å². The number of carbonyl (C=O) groups excluding carboxylic acids is 1. The molecule has 0 unspecified atom stereocenters. The van der Waals surface area contributed by atoms with Crippen LogP contribution in [0.25, 0.3) is 0 Å². The zero-order valence-corrected chi connectivity index (χ0v) is 17.8. The zero-order chi connectivity index (χ0) is 8.15. The molecule has 0 rings (SSSR count). The molecular weight excluding hydrogens is 357 g/mol. The summed E-state index contributed by atoms with van der Waals surface area (Å²) in [5.41, 5.74) is 0. The van der Waals surface area contributed by atoms with Crippen molar-refractivity contribution in [3.63, 3.8) is 0 Å². The van der Waals surface area contributed by atoms with Crippen molar-refractivity contribution >= 4 is 96.3 Å². The van der Waals surface area contributed by atoms with Crippen LogP contribution in [0.15, 0.2) is 0 Å². The van der Waals surface area contributed by atoms with Crippen LogP contribution in [-0.2, 0) is 48.3 Å². The van der Waals surface area contributed by atoms with Gasteiger partial charge >= 0.3 is 96.3 Å². The predicted octanol–water partition coefficient (Wildman–Crippen LogP) is -3.24. The maximum Gasteiger partial charge on any atom is 2.00 e. The average molecular weight is 365 g/mol. The fraction of sp³-hybridized carbons (Fsp3) is 0. The molecule has 0 atom stereocenters.